The number of carbonyl (C=O) groups is 1. The molecule has 0 atom stereocenters. The molecule has 144 valence electrons. The lowest BCUT2D eigenvalue weighted by Gasteiger charge is -2.04. The maximum absolute atomic E-state index is 11.5. The summed E-state index contributed by atoms with van der Waals surface area (Å²) >= 11 is 0. The number of ether oxygens (including phenoxy) is 1. The van der Waals surface area contributed by atoms with E-state index in [0.717, 1.165) is 12.8 Å². The zero-order chi connectivity index (χ0) is 18.0. The van der Waals surface area contributed by atoms with Crippen molar-refractivity contribution in [1.29, 1.82) is 0 Å². The van der Waals surface area contributed by atoms with Crippen LogP contribution in [0.5, 0.6) is 0 Å². The molecule has 0 radical (unpaired) electrons. The molecule has 0 bridgehead atoms. The molecule has 1 rings (SSSR count). The largest absolute Gasteiger partial charge is 0.460 e. The lowest BCUT2D eigenvalue weighted by Crippen LogP contribution is -2.05. The summed E-state index contributed by atoms with van der Waals surface area (Å²) in [4.78, 5) is 11.5. The fourth-order valence-electron chi connectivity index (χ4n) is 3.10. The summed E-state index contributed by atoms with van der Waals surface area (Å²) in [6.45, 7) is 2.77. The van der Waals surface area contributed by atoms with Crippen LogP contribution in [-0.2, 0) is 4.74 Å². The third-order valence-corrected chi connectivity index (χ3v) is 4.70. The maximum Gasteiger partial charge on any atom is 0.374 e. The Balaban J connectivity index is 1.73. The predicted molar refractivity (Wildman–Crippen MR) is 104 cm³/mol. The van der Waals surface area contributed by atoms with Crippen LogP contribution in [0.25, 0.3) is 0 Å². The molecule has 3 heteroatoms. The zero-order valence-electron chi connectivity index (χ0n) is 16.3. The van der Waals surface area contributed by atoms with Gasteiger partial charge in [0, 0.05) is 0 Å². The summed E-state index contributed by atoms with van der Waals surface area (Å²) < 4.78 is 10.2. The van der Waals surface area contributed by atoms with Crippen LogP contribution < -0.4 is 0 Å². The molecular weight excluding hydrogens is 312 g/mol. The zero-order valence-corrected chi connectivity index (χ0v) is 16.3. The second-order valence-corrected chi connectivity index (χ2v) is 7.06. The first-order valence-corrected chi connectivity index (χ1v) is 10.5. The topological polar surface area (TPSA) is 39.4 Å². The van der Waals surface area contributed by atoms with E-state index in [-0.39, 0.29) is 5.97 Å². The smallest absolute Gasteiger partial charge is 0.374 e. The Morgan fingerprint density at radius 1 is 0.800 bits per heavy atom. The van der Waals surface area contributed by atoms with Crippen molar-refractivity contribution in [2.24, 2.45) is 0 Å². The Kier molecular flexibility index (Phi) is 14.1. The minimum absolute atomic E-state index is 0.293. The first-order valence-electron chi connectivity index (χ1n) is 10.5. The second kappa shape index (κ2) is 16.2. The van der Waals surface area contributed by atoms with Gasteiger partial charge in [-0.15, -0.1) is 0 Å². The van der Waals surface area contributed by atoms with Gasteiger partial charge < -0.3 is 9.15 Å². The van der Waals surface area contributed by atoms with Crippen molar-refractivity contribution < 1.29 is 13.9 Å². The summed E-state index contributed by atoms with van der Waals surface area (Å²) in [7, 11) is 0. The number of rotatable bonds is 17. The molecule has 0 fully saturated rings. The highest BCUT2D eigenvalue weighted by Crippen LogP contribution is 2.13. The maximum atomic E-state index is 11.5. The van der Waals surface area contributed by atoms with Crippen LogP contribution in [0.1, 0.15) is 114 Å². The molecule has 1 heterocycles. The van der Waals surface area contributed by atoms with Crippen molar-refractivity contribution in [2.75, 3.05) is 6.61 Å². The molecule has 3 nitrogen and oxygen atoms in total. The minimum atomic E-state index is -0.352. The third-order valence-electron chi connectivity index (χ3n) is 4.70. The fourth-order valence-corrected chi connectivity index (χ4v) is 3.10. The summed E-state index contributed by atoms with van der Waals surface area (Å²) in [5, 5.41) is 0. The van der Waals surface area contributed by atoms with Crippen LogP contribution in [0.15, 0.2) is 22.8 Å². The van der Waals surface area contributed by atoms with Gasteiger partial charge in [0.25, 0.3) is 0 Å². The second-order valence-electron chi connectivity index (χ2n) is 7.06. The highest BCUT2D eigenvalue weighted by molar-refractivity contribution is 5.86. The lowest BCUT2D eigenvalue weighted by molar-refractivity contribution is 0.0461. The van der Waals surface area contributed by atoms with E-state index in [1.54, 1.807) is 12.1 Å². The highest BCUT2D eigenvalue weighted by atomic mass is 16.5. The van der Waals surface area contributed by atoms with Crippen LogP contribution in [0.2, 0.25) is 0 Å². The molecule has 1 aromatic rings. The Morgan fingerprint density at radius 3 is 1.72 bits per heavy atom. The van der Waals surface area contributed by atoms with Gasteiger partial charge in [-0.25, -0.2) is 4.79 Å². The molecular formula is C22H38O3. The van der Waals surface area contributed by atoms with Gasteiger partial charge in [0.05, 0.1) is 12.9 Å². The van der Waals surface area contributed by atoms with Gasteiger partial charge in [-0.2, -0.15) is 0 Å². The van der Waals surface area contributed by atoms with Crippen molar-refractivity contribution >= 4 is 5.97 Å². The van der Waals surface area contributed by atoms with E-state index in [2.05, 4.69) is 6.92 Å². The number of hydrogen-bond donors (Lipinski definition) is 0. The van der Waals surface area contributed by atoms with E-state index in [0.29, 0.717) is 12.4 Å². The van der Waals surface area contributed by atoms with E-state index in [1.807, 2.05) is 0 Å². The first kappa shape index (κ1) is 21.8. The molecule has 0 aliphatic rings. The SMILES string of the molecule is CCCCCCCCCCCCCCCCCOC(=O)c1ccco1. The van der Waals surface area contributed by atoms with E-state index < -0.39 is 0 Å². The molecule has 25 heavy (non-hydrogen) atoms. The monoisotopic (exact) mass is 350 g/mol. The molecule has 0 N–H and O–H groups in total. The number of unbranched alkanes of at least 4 members (excludes halogenated alkanes) is 14. The molecule has 0 amide bonds. The van der Waals surface area contributed by atoms with Gasteiger partial charge in [-0.3, -0.25) is 0 Å². The summed E-state index contributed by atoms with van der Waals surface area (Å²) in [5.74, 6) is -0.0590. The van der Waals surface area contributed by atoms with Gasteiger partial charge in [-0.05, 0) is 18.6 Å². The average molecular weight is 351 g/mol. The summed E-state index contributed by atoms with van der Waals surface area (Å²) in [6, 6.07) is 3.33. The van der Waals surface area contributed by atoms with Crippen LogP contribution in [-0.4, -0.2) is 12.6 Å². The van der Waals surface area contributed by atoms with Gasteiger partial charge in [0.2, 0.25) is 5.76 Å². The predicted octanol–water partition coefficient (Wildman–Crippen LogP) is 7.31. The van der Waals surface area contributed by atoms with Crippen molar-refractivity contribution in [3.8, 4) is 0 Å². The van der Waals surface area contributed by atoms with Gasteiger partial charge in [-0.1, -0.05) is 96.8 Å². The Labute approximate surface area is 154 Å². The van der Waals surface area contributed by atoms with Crippen molar-refractivity contribution in [1.82, 2.24) is 0 Å². The molecule has 0 aliphatic carbocycles. The Hall–Kier alpha value is -1.25. The lowest BCUT2D eigenvalue weighted by atomic mass is 10.0. The molecule has 0 aliphatic heterocycles. The Morgan fingerprint density at radius 2 is 1.28 bits per heavy atom. The highest BCUT2D eigenvalue weighted by Gasteiger charge is 2.08. The van der Waals surface area contributed by atoms with Gasteiger partial charge >= 0.3 is 5.97 Å². The number of hydrogen-bond acceptors (Lipinski definition) is 3. The number of furan rings is 1. The van der Waals surface area contributed by atoms with E-state index in [9.17, 15) is 4.79 Å². The summed E-state index contributed by atoms with van der Waals surface area (Å²) in [6.07, 6.45) is 21.6. The minimum Gasteiger partial charge on any atom is -0.460 e. The molecule has 0 saturated heterocycles. The molecule has 0 spiro atoms. The Bertz CT molecular complexity index is 397. The number of carbonyl (C=O) groups excluding carboxylic acids is 1. The molecule has 1 aromatic heterocycles. The third kappa shape index (κ3) is 12.7. The fraction of sp³-hybridized carbons (Fsp3) is 0.773. The molecule has 0 unspecified atom stereocenters. The quantitative estimate of drug-likeness (QED) is 0.218. The van der Waals surface area contributed by atoms with Gasteiger partial charge in [0.15, 0.2) is 0 Å². The molecule has 0 saturated carbocycles. The average Bonchev–Trinajstić information content (AvgIpc) is 3.16. The van der Waals surface area contributed by atoms with Crippen molar-refractivity contribution in [3.63, 3.8) is 0 Å². The van der Waals surface area contributed by atoms with Crippen LogP contribution in [0.3, 0.4) is 0 Å². The number of esters is 1. The van der Waals surface area contributed by atoms with E-state index in [4.69, 9.17) is 9.15 Å². The van der Waals surface area contributed by atoms with Crippen molar-refractivity contribution in [2.45, 2.75) is 103 Å². The van der Waals surface area contributed by atoms with Crippen molar-refractivity contribution in [3.05, 3.63) is 24.2 Å². The summed E-state index contributed by atoms with van der Waals surface area (Å²) in [5.41, 5.74) is 0. The van der Waals surface area contributed by atoms with E-state index >= 15 is 0 Å². The van der Waals surface area contributed by atoms with Crippen LogP contribution >= 0.6 is 0 Å². The molecule has 0 aromatic carbocycles. The normalized spacial score (nSPS) is 10.9. The van der Waals surface area contributed by atoms with Crippen LogP contribution in [0, 0.1) is 0 Å². The van der Waals surface area contributed by atoms with Gasteiger partial charge in [0.1, 0.15) is 0 Å². The van der Waals surface area contributed by atoms with E-state index in [1.165, 1.54) is 89.7 Å². The van der Waals surface area contributed by atoms with Crippen LogP contribution in [0.4, 0.5) is 0 Å². The first-order chi connectivity index (χ1) is 12.3. The standard InChI is InChI=1S/C22H38O3/c1-2-3-4-5-6-7-8-9-10-11-12-13-14-15-16-19-25-22(23)21-18-17-20-24-21/h17-18,20H,2-16,19H2,1H3.